The molecular weight excluding hydrogens is 332 g/mol. The van der Waals surface area contributed by atoms with Crippen molar-refractivity contribution in [1.29, 1.82) is 0 Å². The van der Waals surface area contributed by atoms with Gasteiger partial charge in [-0.2, -0.15) is 0 Å². The first-order valence-electron chi connectivity index (χ1n) is 7.41. The van der Waals surface area contributed by atoms with Crippen LogP contribution in [-0.4, -0.2) is 18.2 Å². The summed E-state index contributed by atoms with van der Waals surface area (Å²) in [5.41, 5.74) is 8.69. The zero-order valence-electron chi connectivity index (χ0n) is 12.7. The number of benzene rings is 1. The number of hydrogen-bond acceptors (Lipinski definition) is 4. The molecular formula is C17H19ClN2O2S. The van der Waals surface area contributed by atoms with Crippen LogP contribution in [0.25, 0.3) is 0 Å². The lowest BCUT2D eigenvalue weighted by molar-refractivity contribution is -0.118. The molecule has 0 bridgehead atoms. The number of rotatable bonds is 4. The summed E-state index contributed by atoms with van der Waals surface area (Å²) in [6.45, 7) is 0.697. The third kappa shape index (κ3) is 3.74. The third-order valence-corrected chi connectivity index (χ3v) is 4.86. The van der Waals surface area contributed by atoms with E-state index < -0.39 is 0 Å². The molecule has 23 heavy (non-hydrogen) atoms. The fraction of sp³-hybridized carbons (Fsp3) is 0.294. The minimum absolute atomic E-state index is 0. The number of thiophene rings is 1. The normalized spacial score (nSPS) is 13.1. The second kappa shape index (κ2) is 7.62. The van der Waals surface area contributed by atoms with E-state index in [0.717, 1.165) is 34.7 Å². The molecule has 1 aromatic carbocycles. The smallest absolute Gasteiger partial charge is 0.227 e. The number of nitrogens with two attached hydrogens (primary N) is 1. The first-order chi connectivity index (χ1) is 10.7. The van der Waals surface area contributed by atoms with Crippen LogP contribution in [0, 0.1) is 0 Å². The molecule has 0 saturated carbocycles. The number of carbonyl (C=O) groups excluding carboxylic acids is 2. The van der Waals surface area contributed by atoms with E-state index in [1.807, 2.05) is 29.6 Å². The summed E-state index contributed by atoms with van der Waals surface area (Å²) >= 11 is 1.42. The van der Waals surface area contributed by atoms with Gasteiger partial charge in [-0.1, -0.05) is 12.1 Å². The van der Waals surface area contributed by atoms with Crippen molar-refractivity contribution >= 4 is 46.8 Å². The van der Waals surface area contributed by atoms with Crippen LogP contribution < -0.4 is 10.6 Å². The SMILES string of the molecule is Cl.Nc1cccc2c1CCCN2C(=O)CCC(=O)c1cccs1. The molecule has 0 unspecified atom stereocenters. The van der Waals surface area contributed by atoms with E-state index in [4.69, 9.17) is 5.73 Å². The van der Waals surface area contributed by atoms with Crippen molar-refractivity contribution in [3.63, 3.8) is 0 Å². The van der Waals surface area contributed by atoms with Crippen molar-refractivity contribution in [3.05, 3.63) is 46.2 Å². The van der Waals surface area contributed by atoms with Gasteiger partial charge in [0.05, 0.1) is 4.88 Å². The summed E-state index contributed by atoms with van der Waals surface area (Å²) in [7, 11) is 0. The number of nitrogen functional groups attached to an aromatic ring is 1. The van der Waals surface area contributed by atoms with E-state index >= 15 is 0 Å². The van der Waals surface area contributed by atoms with Gasteiger partial charge in [0.25, 0.3) is 0 Å². The molecule has 6 heteroatoms. The minimum Gasteiger partial charge on any atom is -0.398 e. The van der Waals surface area contributed by atoms with Gasteiger partial charge in [0.1, 0.15) is 0 Å². The number of anilines is 2. The number of ketones is 1. The van der Waals surface area contributed by atoms with E-state index in [1.165, 1.54) is 11.3 Å². The molecule has 4 nitrogen and oxygen atoms in total. The van der Waals surface area contributed by atoms with Gasteiger partial charge in [0, 0.05) is 30.8 Å². The molecule has 122 valence electrons. The Balaban J connectivity index is 0.00000192. The molecule has 2 aromatic rings. The lowest BCUT2D eigenvalue weighted by Gasteiger charge is -2.30. The minimum atomic E-state index is -0.00328. The second-order valence-corrected chi connectivity index (χ2v) is 6.34. The van der Waals surface area contributed by atoms with E-state index in [-0.39, 0.29) is 36.9 Å². The van der Waals surface area contributed by atoms with Crippen molar-refractivity contribution in [1.82, 2.24) is 0 Å². The van der Waals surface area contributed by atoms with Crippen LogP contribution in [-0.2, 0) is 11.2 Å². The maximum Gasteiger partial charge on any atom is 0.227 e. The maximum atomic E-state index is 12.5. The van der Waals surface area contributed by atoms with Gasteiger partial charge in [0.15, 0.2) is 5.78 Å². The predicted molar refractivity (Wildman–Crippen MR) is 96.7 cm³/mol. The van der Waals surface area contributed by atoms with Gasteiger partial charge < -0.3 is 10.6 Å². The summed E-state index contributed by atoms with van der Waals surface area (Å²) < 4.78 is 0. The van der Waals surface area contributed by atoms with Gasteiger partial charge in [-0.15, -0.1) is 23.7 Å². The van der Waals surface area contributed by atoms with Crippen molar-refractivity contribution in [2.24, 2.45) is 0 Å². The Hall–Kier alpha value is -1.85. The van der Waals surface area contributed by atoms with Gasteiger partial charge in [-0.05, 0) is 42.0 Å². The van der Waals surface area contributed by atoms with Crippen molar-refractivity contribution in [3.8, 4) is 0 Å². The molecule has 1 aliphatic rings. The van der Waals surface area contributed by atoms with E-state index in [9.17, 15) is 9.59 Å². The fourth-order valence-corrected chi connectivity index (χ4v) is 3.52. The molecule has 1 aliphatic heterocycles. The van der Waals surface area contributed by atoms with Crippen LogP contribution >= 0.6 is 23.7 Å². The number of fused-ring (bicyclic) bond motifs is 1. The van der Waals surface area contributed by atoms with Crippen LogP contribution in [0.4, 0.5) is 11.4 Å². The Bertz CT molecular complexity index is 701. The Kier molecular flexibility index (Phi) is 5.80. The summed E-state index contributed by atoms with van der Waals surface area (Å²) in [5.74, 6) is 0.0321. The monoisotopic (exact) mass is 350 g/mol. The van der Waals surface area contributed by atoms with Crippen LogP contribution in [0.1, 0.15) is 34.5 Å². The van der Waals surface area contributed by atoms with Crippen molar-refractivity contribution in [2.75, 3.05) is 17.2 Å². The Morgan fingerprint density at radius 2 is 2.00 bits per heavy atom. The summed E-state index contributed by atoms with van der Waals surface area (Å²) in [6.07, 6.45) is 2.31. The third-order valence-electron chi connectivity index (χ3n) is 3.95. The summed E-state index contributed by atoms with van der Waals surface area (Å²) in [5, 5.41) is 1.87. The topological polar surface area (TPSA) is 63.4 Å². The number of halogens is 1. The maximum absolute atomic E-state index is 12.5. The summed E-state index contributed by atoms with van der Waals surface area (Å²) in [6, 6.07) is 9.32. The van der Waals surface area contributed by atoms with E-state index in [1.54, 1.807) is 11.0 Å². The largest absolute Gasteiger partial charge is 0.398 e. The quantitative estimate of drug-likeness (QED) is 0.675. The number of carbonyl (C=O) groups is 2. The number of nitrogens with zero attached hydrogens (tertiary/aromatic N) is 1. The molecule has 2 heterocycles. The number of hydrogen-bond donors (Lipinski definition) is 1. The molecule has 0 aliphatic carbocycles. The lowest BCUT2D eigenvalue weighted by atomic mass is 9.99. The molecule has 1 aromatic heterocycles. The van der Waals surface area contributed by atoms with Gasteiger partial charge >= 0.3 is 0 Å². The highest BCUT2D eigenvalue weighted by Gasteiger charge is 2.24. The summed E-state index contributed by atoms with van der Waals surface area (Å²) in [4.78, 5) is 27.0. The lowest BCUT2D eigenvalue weighted by Crippen LogP contribution is -2.35. The van der Waals surface area contributed by atoms with Crippen LogP contribution in [0.5, 0.6) is 0 Å². The predicted octanol–water partition coefficient (Wildman–Crippen LogP) is 3.69. The Morgan fingerprint density at radius 1 is 1.17 bits per heavy atom. The standard InChI is InChI=1S/C17H18N2O2S.ClH/c18-13-5-1-6-14-12(13)4-2-10-19(14)17(21)9-8-15(20)16-7-3-11-22-16;/h1,3,5-7,11H,2,4,8-10,18H2;1H. The molecule has 0 saturated heterocycles. The highest BCUT2D eigenvalue weighted by Crippen LogP contribution is 2.31. The average molecular weight is 351 g/mol. The second-order valence-electron chi connectivity index (χ2n) is 5.39. The van der Waals surface area contributed by atoms with Gasteiger partial charge in [-0.25, -0.2) is 0 Å². The molecule has 3 rings (SSSR count). The number of amides is 1. The molecule has 1 amide bonds. The fourth-order valence-electron chi connectivity index (χ4n) is 2.83. The highest BCUT2D eigenvalue weighted by atomic mass is 35.5. The highest BCUT2D eigenvalue weighted by molar-refractivity contribution is 7.12. The number of Topliss-reactive ketones (excluding diaryl/α,β-unsaturated/α-hetero) is 1. The van der Waals surface area contributed by atoms with E-state index in [0.29, 0.717) is 6.54 Å². The van der Waals surface area contributed by atoms with Crippen molar-refractivity contribution < 1.29 is 9.59 Å². The molecule has 0 spiro atoms. The molecule has 2 N–H and O–H groups in total. The Labute approximate surface area is 145 Å². The van der Waals surface area contributed by atoms with Gasteiger partial charge in [-0.3, -0.25) is 9.59 Å². The first kappa shape index (κ1) is 17.5. The van der Waals surface area contributed by atoms with Crippen LogP contribution in [0.3, 0.4) is 0 Å². The zero-order valence-corrected chi connectivity index (χ0v) is 14.3. The molecule has 0 radical (unpaired) electrons. The van der Waals surface area contributed by atoms with E-state index in [2.05, 4.69) is 0 Å². The first-order valence-corrected chi connectivity index (χ1v) is 8.29. The Morgan fingerprint density at radius 3 is 2.74 bits per heavy atom. The van der Waals surface area contributed by atoms with Gasteiger partial charge in [0.2, 0.25) is 5.91 Å². The molecule has 0 fully saturated rings. The van der Waals surface area contributed by atoms with Crippen LogP contribution in [0.2, 0.25) is 0 Å². The van der Waals surface area contributed by atoms with Crippen molar-refractivity contribution in [2.45, 2.75) is 25.7 Å². The zero-order chi connectivity index (χ0) is 15.5. The molecule has 0 atom stereocenters. The van der Waals surface area contributed by atoms with Crippen LogP contribution in [0.15, 0.2) is 35.7 Å². The average Bonchev–Trinajstić information content (AvgIpc) is 3.07.